The van der Waals surface area contributed by atoms with Gasteiger partial charge in [-0.15, -0.1) is 0 Å². The molecule has 0 spiro atoms. The Kier molecular flexibility index (Phi) is 5.40. The van der Waals surface area contributed by atoms with Crippen molar-refractivity contribution in [3.8, 4) is 0 Å². The largest absolute Gasteiger partial charge is 0.397 e. The van der Waals surface area contributed by atoms with Gasteiger partial charge in [-0.05, 0) is 35.8 Å². The number of nitrogen functional groups attached to an aromatic ring is 1. The van der Waals surface area contributed by atoms with E-state index < -0.39 is 5.82 Å². The summed E-state index contributed by atoms with van der Waals surface area (Å²) < 4.78 is 13.6. The fraction of sp³-hybridized carbons (Fsp3) is 0.417. The van der Waals surface area contributed by atoms with Gasteiger partial charge in [0.25, 0.3) is 0 Å². The lowest BCUT2D eigenvalue weighted by atomic mass is 10.2. The highest BCUT2D eigenvalue weighted by atomic mass is 79.9. The summed E-state index contributed by atoms with van der Waals surface area (Å²) in [5.41, 5.74) is 6.66. The molecule has 1 rings (SSSR count). The van der Waals surface area contributed by atoms with Gasteiger partial charge in [0, 0.05) is 25.1 Å². The van der Waals surface area contributed by atoms with Crippen molar-refractivity contribution < 1.29 is 9.18 Å². The van der Waals surface area contributed by atoms with Gasteiger partial charge in [0.2, 0.25) is 5.91 Å². The summed E-state index contributed by atoms with van der Waals surface area (Å²) in [4.78, 5) is 11.4. The van der Waals surface area contributed by atoms with Crippen molar-refractivity contribution in [2.24, 2.45) is 0 Å². The molecular formula is C12H17BrFN3O. The van der Waals surface area contributed by atoms with E-state index in [-0.39, 0.29) is 11.9 Å². The van der Waals surface area contributed by atoms with E-state index in [9.17, 15) is 9.18 Å². The monoisotopic (exact) mass is 317 g/mol. The zero-order valence-corrected chi connectivity index (χ0v) is 12.0. The Morgan fingerprint density at radius 2 is 2.17 bits per heavy atom. The van der Waals surface area contributed by atoms with Crippen LogP contribution in [0.2, 0.25) is 0 Å². The van der Waals surface area contributed by atoms with Crippen LogP contribution in [0, 0.1) is 5.82 Å². The van der Waals surface area contributed by atoms with E-state index in [4.69, 9.17) is 5.73 Å². The molecule has 0 fully saturated rings. The van der Waals surface area contributed by atoms with Crippen molar-refractivity contribution in [2.45, 2.75) is 26.3 Å². The molecule has 0 atom stereocenters. The molecule has 1 aromatic carbocycles. The molecule has 1 amide bonds. The normalized spacial score (nSPS) is 10.5. The van der Waals surface area contributed by atoms with Crippen LogP contribution in [0.4, 0.5) is 15.8 Å². The Bertz CT molecular complexity index is 438. The third-order valence-corrected chi connectivity index (χ3v) is 2.82. The first-order valence-corrected chi connectivity index (χ1v) is 6.47. The van der Waals surface area contributed by atoms with Crippen LogP contribution in [0.5, 0.6) is 0 Å². The molecular weight excluding hydrogens is 301 g/mol. The maximum Gasteiger partial charge on any atom is 0.221 e. The van der Waals surface area contributed by atoms with E-state index in [1.807, 2.05) is 13.8 Å². The quantitative estimate of drug-likeness (QED) is 0.731. The van der Waals surface area contributed by atoms with Crippen LogP contribution < -0.4 is 16.4 Å². The van der Waals surface area contributed by atoms with Crippen molar-refractivity contribution in [2.75, 3.05) is 17.6 Å². The Morgan fingerprint density at radius 3 is 2.78 bits per heavy atom. The number of halogens is 2. The summed E-state index contributed by atoms with van der Waals surface area (Å²) >= 11 is 3.05. The summed E-state index contributed by atoms with van der Waals surface area (Å²) in [6, 6.07) is 2.92. The average Bonchev–Trinajstić information content (AvgIpc) is 2.24. The van der Waals surface area contributed by atoms with Crippen LogP contribution in [-0.2, 0) is 4.79 Å². The first kappa shape index (κ1) is 14.8. The fourth-order valence-electron chi connectivity index (χ4n) is 1.42. The molecule has 0 saturated heterocycles. The zero-order valence-electron chi connectivity index (χ0n) is 10.4. The van der Waals surface area contributed by atoms with Crippen molar-refractivity contribution in [1.82, 2.24) is 5.32 Å². The van der Waals surface area contributed by atoms with E-state index in [1.165, 1.54) is 12.1 Å². The molecule has 4 N–H and O–H groups in total. The van der Waals surface area contributed by atoms with Gasteiger partial charge in [-0.3, -0.25) is 4.79 Å². The molecule has 0 heterocycles. The fourth-order valence-corrected chi connectivity index (χ4v) is 1.78. The van der Waals surface area contributed by atoms with Crippen LogP contribution in [0.3, 0.4) is 0 Å². The van der Waals surface area contributed by atoms with Crippen LogP contribution in [0.1, 0.15) is 20.3 Å². The highest BCUT2D eigenvalue weighted by molar-refractivity contribution is 9.10. The zero-order chi connectivity index (χ0) is 13.7. The maximum atomic E-state index is 13.3. The first-order chi connectivity index (χ1) is 8.40. The molecule has 100 valence electrons. The van der Waals surface area contributed by atoms with E-state index in [2.05, 4.69) is 26.6 Å². The van der Waals surface area contributed by atoms with Crippen molar-refractivity contribution in [3.05, 3.63) is 22.4 Å². The molecule has 0 aromatic heterocycles. The lowest BCUT2D eigenvalue weighted by molar-refractivity contribution is -0.121. The number of hydrogen-bond acceptors (Lipinski definition) is 3. The predicted octanol–water partition coefficient (Wildman–Crippen LogP) is 2.50. The Balaban J connectivity index is 2.49. The van der Waals surface area contributed by atoms with Gasteiger partial charge in [0.15, 0.2) is 0 Å². The van der Waals surface area contributed by atoms with Gasteiger partial charge in [0.05, 0.1) is 15.8 Å². The standard InChI is InChI=1S/C12H17BrFN3O/c1-7(2)17-12(18)3-4-16-11-6-9(14)8(13)5-10(11)15/h5-7,16H,3-4,15H2,1-2H3,(H,17,18). The number of rotatable bonds is 5. The number of nitrogens with two attached hydrogens (primary N) is 1. The van der Waals surface area contributed by atoms with Crippen molar-refractivity contribution in [3.63, 3.8) is 0 Å². The third kappa shape index (κ3) is 4.52. The minimum absolute atomic E-state index is 0.0475. The number of hydrogen-bond donors (Lipinski definition) is 3. The van der Waals surface area contributed by atoms with Crippen LogP contribution in [0.15, 0.2) is 16.6 Å². The number of carbonyl (C=O) groups is 1. The van der Waals surface area contributed by atoms with Crippen LogP contribution >= 0.6 is 15.9 Å². The molecule has 6 heteroatoms. The lowest BCUT2D eigenvalue weighted by Gasteiger charge is -2.11. The second kappa shape index (κ2) is 6.58. The molecule has 0 unspecified atom stereocenters. The SMILES string of the molecule is CC(C)NC(=O)CCNc1cc(F)c(Br)cc1N. The van der Waals surface area contributed by atoms with Gasteiger partial charge >= 0.3 is 0 Å². The number of nitrogens with one attached hydrogen (secondary N) is 2. The minimum Gasteiger partial charge on any atom is -0.397 e. The van der Waals surface area contributed by atoms with Crippen LogP contribution in [0.25, 0.3) is 0 Å². The van der Waals surface area contributed by atoms with Crippen molar-refractivity contribution >= 4 is 33.2 Å². The first-order valence-electron chi connectivity index (χ1n) is 5.68. The maximum absolute atomic E-state index is 13.3. The van der Waals surface area contributed by atoms with Gasteiger partial charge in [-0.1, -0.05) is 0 Å². The molecule has 0 aliphatic carbocycles. The van der Waals surface area contributed by atoms with E-state index in [0.29, 0.717) is 28.8 Å². The van der Waals surface area contributed by atoms with Crippen molar-refractivity contribution in [1.29, 1.82) is 0 Å². The predicted molar refractivity (Wildman–Crippen MR) is 74.9 cm³/mol. The lowest BCUT2D eigenvalue weighted by Crippen LogP contribution is -2.31. The number of amides is 1. The molecule has 0 aliphatic rings. The molecule has 0 aliphatic heterocycles. The summed E-state index contributed by atoms with van der Waals surface area (Å²) in [5.74, 6) is -0.438. The highest BCUT2D eigenvalue weighted by Gasteiger charge is 2.07. The summed E-state index contributed by atoms with van der Waals surface area (Å²) in [6.07, 6.45) is 0.315. The molecule has 1 aromatic rings. The Morgan fingerprint density at radius 1 is 1.50 bits per heavy atom. The highest BCUT2D eigenvalue weighted by Crippen LogP contribution is 2.26. The van der Waals surface area contributed by atoms with Gasteiger partial charge in [-0.25, -0.2) is 4.39 Å². The smallest absolute Gasteiger partial charge is 0.221 e. The molecule has 0 saturated carbocycles. The Hall–Kier alpha value is -1.30. The molecule has 4 nitrogen and oxygen atoms in total. The minimum atomic E-state index is -0.390. The van der Waals surface area contributed by atoms with Gasteiger partial charge in [0.1, 0.15) is 5.82 Å². The summed E-state index contributed by atoms with van der Waals surface area (Å²) in [6.45, 7) is 4.20. The van der Waals surface area contributed by atoms with Gasteiger partial charge in [-0.2, -0.15) is 0 Å². The number of carbonyl (C=O) groups excluding carboxylic acids is 1. The number of anilines is 2. The Labute approximate surface area is 114 Å². The average molecular weight is 318 g/mol. The molecule has 0 radical (unpaired) electrons. The molecule has 0 bridgehead atoms. The summed E-state index contributed by atoms with van der Waals surface area (Å²) in [5, 5.41) is 5.71. The second-order valence-electron chi connectivity index (χ2n) is 4.25. The number of benzene rings is 1. The van der Waals surface area contributed by atoms with E-state index >= 15 is 0 Å². The van der Waals surface area contributed by atoms with Gasteiger partial charge < -0.3 is 16.4 Å². The van der Waals surface area contributed by atoms with E-state index in [0.717, 1.165) is 0 Å². The third-order valence-electron chi connectivity index (χ3n) is 2.21. The van der Waals surface area contributed by atoms with E-state index in [1.54, 1.807) is 0 Å². The van der Waals surface area contributed by atoms with Crippen LogP contribution in [-0.4, -0.2) is 18.5 Å². The topological polar surface area (TPSA) is 67.2 Å². The second-order valence-corrected chi connectivity index (χ2v) is 5.11. The summed E-state index contributed by atoms with van der Waals surface area (Å²) in [7, 11) is 0. The molecule has 18 heavy (non-hydrogen) atoms.